The van der Waals surface area contributed by atoms with Crippen molar-refractivity contribution in [3.8, 4) is 0 Å². The Balaban J connectivity index is 1.45. The Morgan fingerprint density at radius 2 is 1.69 bits per heavy atom. The van der Waals surface area contributed by atoms with Gasteiger partial charge in [0.25, 0.3) is 0 Å². The number of alkyl halides is 3. The molecule has 2 heterocycles. The molecule has 140 valence electrons. The highest BCUT2D eigenvalue weighted by Gasteiger charge is 2.35. The first-order valence-corrected chi connectivity index (χ1v) is 9.70. The van der Waals surface area contributed by atoms with E-state index in [2.05, 4.69) is 9.88 Å². The molecule has 2 aromatic rings. The predicted molar refractivity (Wildman–Crippen MR) is 99.7 cm³/mol. The number of hydrogen-bond donors (Lipinski definition) is 0. The van der Waals surface area contributed by atoms with Crippen LogP contribution in [0, 0.1) is 0 Å². The fourth-order valence-electron chi connectivity index (χ4n) is 3.10. The average molecular weight is 381 g/mol. The summed E-state index contributed by atoms with van der Waals surface area (Å²) in [5.74, 6) is 0.994. The van der Waals surface area contributed by atoms with Crippen molar-refractivity contribution in [2.45, 2.75) is 17.6 Å². The molecule has 0 unspecified atom stereocenters. The van der Waals surface area contributed by atoms with E-state index in [9.17, 15) is 13.2 Å². The Bertz CT molecular complexity index is 686. The number of anilines is 1. The minimum atomic E-state index is -4.31. The molecule has 0 amide bonds. The van der Waals surface area contributed by atoms with Crippen LogP contribution in [0.5, 0.6) is 0 Å². The van der Waals surface area contributed by atoms with Crippen LogP contribution in [0.3, 0.4) is 0 Å². The molecule has 0 atom stereocenters. The Morgan fingerprint density at radius 3 is 2.38 bits per heavy atom. The predicted octanol–water partition coefficient (Wildman–Crippen LogP) is 4.40. The summed E-state index contributed by atoms with van der Waals surface area (Å²) in [5, 5.41) is 1.03. The molecule has 1 fully saturated rings. The van der Waals surface area contributed by atoms with Crippen molar-refractivity contribution in [1.82, 2.24) is 9.88 Å². The lowest BCUT2D eigenvalue weighted by Crippen LogP contribution is -2.47. The molecule has 3 rings (SSSR count). The molecule has 7 heteroatoms. The monoisotopic (exact) mass is 381 g/mol. The third-order valence-electron chi connectivity index (χ3n) is 4.43. The Labute approximate surface area is 156 Å². The summed E-state index contributed by atoms with van der Waals surface area (Å²) in [4.78, 5) is 8.46. The first-order chi connectivity index (χ1) is 12.5. The summed E-state index contributed by atoms with van der Waals surface area (Å²) in [7, 11) is 0. The maximum atomic E-state index is 13.2. The molecule has 3 nitrogen and oxygen atoms in total. The molecule has 0 radical (unpaired) electrons. The van der Waals surface area contributed by atoms with E-state index < -0.39 is 11.7 Å². The Morgan fingerprint density at radius 1 is 0.962 bits per heavy atom. The average Bonchev–Trinajstić information content (AvgIpc) is 2.66. The minimum Gasteiger partial charge on any atom is -0.368 e. The fourth-order valence-corrected chi connectivity index (χ4v) is 3.89. The van der Waals surface area contributed by atoms with Gasteiger partial charge in [-0.25, -0.2) is 4.98 Å². The quantitative estimate of drug-likeness (QED) is 0.545. The molecular weight excluding hydrogens is 359 g/mol. The Kier molecular flexibility index (Phi) is 6.43. The van der Waals surface area contributed by atoms with Crippen LogP contribution >= 0.6 is 11.8 Å². The highest BCUT2D eigenvalue weighted by Crippen LogP contribution is 2.36. The van der Waals surface area contributed by atoms with Gasteiger partial charge >= 0.3 is 6.18 Å². The normalized spacial score (nSPS) is 16.0. The van der Waals surface area contributed by atoms with Gasteiger partial charge in [-0.3, -0.25) is 4.90 Å². The third kappa shape index (κ3) is 5.14. The van der Waals surface area contributed by atoms with Crippen LogP contribution in [0.15, 0.2) is 53.7 Å². The molecule has 26 heavy (non-hydrogen) atoms. The van der Waals surface area contributed by atoms with E-state index in [4.69, 9.17) is 0 Å². The lowest BCUT2D eigenvalue weighted by atomic mass is 10.1. The summed E-state index contributed by atoms with van der Waals surface area (Å²) in [6, 6.07) is 11.7. The fraction of sp³-hybridized carbons (Fsp3) is 0.421. The van der Waals surface area contributed by atoms with Crippen LogP contribution in [0.25, 0.3) is 0 Å². The molecular formula is C19H22F3N3S. The maximum absolute atomic E-state index is 13.2. The Hall–Kier alpha value is -1.73. The van der Waals surface area contributed by atoms with Crippen molar-refractivity contribution >= 4 is 17.4 Å². The summed E-state index contributed by atoms with van der Waals surface area (Å²) in [6.07, 6.45) is -1.48. The molecule has 0 aliphatic carbocycles. The van der Waals surface area contributed by atoms with Crippen LogP contribution in [0.2, 0.25) is 0 Å². The molecule has 0 bridgehead atoms. The zero-order chi connectivity index (χ0) is 18.4. The van der Waals surface area contributed by atoms with Crippen LogP contribution < -0.4 is 4.90 Å². The summed E-state index contributed by atoms with van der Waals surface area (Å²) in [5.41, 5.74) is -0.245. The lowest BCUT2D eigenvalue weighted by molar-refractivity contribution is -0.137. The largest absolute Gasteiger partial charge is 0.418 e. The van der Waals surface area contributed by atoms with Crippen LogP contribution in [0.1, 0.15) is 12.0 Å². The number of thioether (sulfide) groups is 1. The molecule has 1 saturated heterocycles. The molecule has 0 N–H and O–H groups in total. The van der Waals surface area contributed by atoms with Crippen molar-refractivity contribution in [3.63, 3.8) is 0 Å². The van der Waals surface area contributed by atoms with Gasteiger partial charge in [0.15, 0.2) is 0 Å². The van der Waals surface area contributed by atoms with Gasteiger partial charge in [0.2, 0.25) is 0 Å². The minimum absolute atomic E-state index is 0.297. The maximum Gasteiger partial charge on any atom is 0.418 e. The van der Waals surface area contributed by atoms with Gasteiger partial charge in [-0.15, -0.1) is 11.8 Å². The van der Waals surface area contributed by atoms with E-state index in [1.54, 1.807) is 30.1 Å². The van der Waals surface area contributed by atoms with E-state index in [-0.39, 0.29) is 0 Å². The van der Waals surface area contributed by atoms with E-state index in [1.807, 2.05) is 23.1 Å². The van der Waals surface area contributed by atoms with Gasteiger partial charge in [-0.2, -0.15) is 13.2 Å². The van der Waals surface area contributed by atoms with Crippen LogP contribution in [-0.2, 0) is 6.18 Å². The van der Waals surface area contributed by atoms with Gasteiger partial charge in [-0.1, -0.05) is 18.2 Å². The van der Waals surface area contributed by atoms with Crippen LogP contribution in [-0.4, -0.2) is 48.4 Å². The molecule has 0 spiro atoms. The molecule has 1 aromatic carbocycles. The highest BCUT2D eigenvalue weighted by atomic mass is 32.2. The lowest BCUT2D eigenvalue weighted by Gasteiger charge is -2.37. The number of hydrogen-bond acceptors (Lipinski definition) is 4. The van der Waals surface area contributed by atoms with Gasteiger partial charge in [0, 0.05) is 43.8 Å². The first-order valence-electron chi connectivity index (χ1n) is 8.71. The second-order valence-corrected chi connectivity index (χ2v) is 7.33. The zero-order valence-electron chi connectivity index (χ0n) is 14.5. The van der Waals surface area contributed by atoms with E-state index in [1.165, 1.54) is 6.07 Å². The SMILES string of the molecule is FC(F)(F)c1ccccc1N1CCN(CCCSc2ccccn2)CC1. The molecule has 1 aliphatic rings. The van der Waals surface area contributed by atoms with Gasteiger partial charge < -0.3 is 4.90 Å². The summed E-state index contributed by atoms with van der Waals surface area (Å²) in [6.45, 7) is 3.80. The summed E-state index contributed by atoms with van der Waals surface area (Å²) >= 11 is 1.74. The second kappa shape index (κ2) is 8.77. The van der Waals surface area contributed by atoms with Crippen molar-refractivity contribution in [2.75, 3.05) is 43.4 Å². The van der Waals surface area contributed by atoms with Gasteiger partial charge in [-0.05, 0) is 37.2 Å². The number of benzene rings is 1. The number of rotatable bonds is 6. The van der Waals surface area contributed by atoms with Gasteiger partial charge in [0.1, 0.15) is 0 Å². The molecule has 1 aromatic heterocycles. The van der Waals surface area contributed by atoms with E-state index in [0.717, 1.165) is 42.9 Å². The first kappa shape index (κ1) is 19.0. The van der Waals surface area contributed by atoms with Crippen molar-refractivity contribution in [2.24, 2.45) is 0 Å². The van der Waals surface area contributed by atoms with Crippen LogP contribution in [0.4, 0.5) is 18.9 Å². The summed E-state index contributed by atoms with van der Waals surface area (Å²) < 4.78 is 39.5. The zero-order valence-corrected chi connectivity index (χ0v) is 15.3. The standard InChI is InChI=1S/C19H22F3N3S/c20-19(21,22)16-6-1-2-7-17(16)25-13-11-24(12-14-25)10-5-15-26-18-8-3-4-9-23-18/h1-4,6-9H,5,10-15H2. The number of nitrogens with zero attached hydrogens (tertiary/aromatic N) is 3. The molecule has 0 saturated carbocycles. The number of pyridine rings is 1. The number of piperazine rings is 1. The topological polar surface area (TPSA) is 19.4 Å². The van der Waals surface area contributed by atoms with E-state index >= 15 is 0 Å². The number of aromatic nitrogens is 1. The van der Waals surface area contributed by atoms with Gasteiger partial charge in [0.05, 0.1) is 10.6 Å². The molecule has 1 aliphatic heterocycles. The van der Waals surface area contributed by atoms with Crippen molar-refractivity contribution in [1.29, 1.82) is 0 Å². The van der Waals surface area contributed by atoms with Crippen molar-refractivity contribution < 1.29 is 13.2 Å². The number of halogens is 3. The smallest absolute Gasteiger partial charge is 0.368 e. The second-order valence-electron chi connectivity index (χ2n) is 6.21. The van der Waals surface area contributed by atoms with Crippen molar-refractivity contribution in [3.05, 3.63) is 54.2 Å². The number of para-hydroxylation sites is 1. The highest BCUT2D eigenvalue weighted by molar-refractivity contribution is 7.99. The third-order valence-corrected chi connectivity index (χ3v) is 5.46. The van der Waals surface area contributed by atoms with E-state index in [0.29, 0.717) is 18.8 Å².